The van der Waals surface area contributed by atoms with E-state index in [1.54, 1.807) is 7.11 Å². The zero-order valence-corrected chi connectivity index (χ0v) is 13.8. The molecule has 0 saturated carbocycles. The molecule has 3 rings (SSSR count). The van der Waals surface area contributed by atoms with E-state index < -0.39 is 0 Å². The number of nitrogens with zero attached hydrogens (tertiary/aromatic N) is 1. The lowest BCUT2D eigenvalue weighted by Gasteiger charge is -2.35. The summed E-state index contributed by atoms with van der Waals surface area (Å²) in [6.07, 6.45) is 2.78. The summed E-state index contributed by atoms with van der Waals surface area (Å²) < 4.78 is 11.0. The van der Waals surface area contributed by atoms with Gasteiger partial charge in [-0.15, -0.1) is 11.3 Å². The smallest absolute Gasteiger partial charge is 0.249 e. The van der Waals surface area contributed by atoms with Crippen LogP contribution in [0.2, 0.25) is 0 Å². The average Bonchev–Trinajstić information content (AvgIpc) is 3.18. The van der Waals surface area contributed by atoms with Crippen molar-refractivity contribution in [3.8, 4) is 0 Å². The predicted molar refractivity (Wildman–Crippen MR) is 85.9 cm³/mol. The summed E-state index contributed by atoms with van der Waals surface area (Å²) in [4.78, 5) is 16.0. The van der Waals surface area contributed by atoms with Crippen molar-refractivity contribution in [3.63, 3.8) is 0 Å². The molecule has 2 aliphatic rings. The lowest BCUT2D eigenvalue weighted by Crippen LogP contribution is -2.48. The van der Waals surface area contributed by atoms with Crippen LogP contribution in [0.3, 0.4) is 0 Å². The lowest BCUT2D eigenvalue weighted by atomic mass is 9.98. The van der Waals surface area contributed by atoms with Crippen molar-refractivity contribution in [2.75, 3.05) is 26.8 Å². The van der Waals surface area contributed by atoms with Gasteiger partial charge in [-0.1, -0.05) is 6.07 Å². The van der Waals surface area contributed by atoms with Crippen molar-refractivity contribution in [1.29, 1.82) is 0 Å². The first-order chi connectivity index (χ1) is 10.8. The topological polar surface area (TPSA) is 50.8 Å². The maximum absolute atomic E-state index is 12.1. The summed E-state index contributed by atoms with van der Waals surface area (Å²) >= 11 is 1.81. The third-order valence-electron chi connectivity index (χ3n) is 4.50. The molecule has 1 amide bonds. The molecule has 0 bridgehead atoms. The van der Waals surface area contributed by atoms with E-state index in [1.165, 1.54) is 4.88 Å². The highest BCUT2D eigenvalue weighted by molar-refractivity contribution is 7.09. The lowest BCUT2D eigenvalue weighted by molar-refractivity contribution is -0.144. The summed E-state index contributed by atoms with van der Waals surface area (Å²) in [5.41, 5.74) is 0. The molecule has 1 N–H and O–H groups in total. The Balaban J connectivity index is 1.49. The third kappa shape index (κ3) is 3.68. The van der Waals surface area contributed by atoms with Gasteiger partial charge in [-0.05, 0) is 30.7 Å². The molecular formula is C16H24N2O3S. The Labute approximate surface area is 135 Å². The minimum atomic E-state index is -0.292. The Hall–Kier alpha value is -0.950. The molecule has 3 heterocycles. The monoisotopic (exact) mass is 324 g/mol. The van der Waals surface area contributed by atoms with E-state index in [1.807, 2.05) is 11.3 Å². The van der Waals surface area contributed by atoms with Gasteiger partial charge in [0, 0.05) is 37.7 Å². The number of methoxy groups -OCH3 is 1. The predicted octanol–water partition coefficient (Wildman–Crippen LogP) is 1.63. The molecule has 0 radical (unpaired) electrons. The molecule has 0 aromatic carbocycles. The van der Waals surface area contributed by atoms with Crippen LogP contribution >= 0.6 is 11.3 Å². The molecule has 0 aliphatic carbocycles. The fourth-order valence-electron chi connectivity index (χ4n) is 3.40. The van der Waals surface area contributed by atoms with Crippen LogP contribution in [-0.4, -0.2) is 55.9 Å². The highest BCUT2D eigenvalue weighted by Gasteiger charge is 2.41. The molecule has 0 unspecified atom stereocenters. The molecule has 1 aromatic rings. The van der Waals surface area contributed by atoms with Gasteiger partial charge >= 0.3 is 0 Å². The molecule has 2 aliphatic heterocycles. The Morgan fingerprint density at radius 1 is 1.50 bits per heavy atom. The van der Waals surface area contributed by atoms with E-state index in [-0.39, 0.29) is 18.1 Å². The third-order valence-corrected chi connectivity index (χ3v) is 5.36. The fourth-order valence-corrected chi connectivity index (χ4v) is 4.13. The number of hydrogen-bond acceptors (Lipinski definition) is 5. The summed E-state index contributed by atoms with van der Waals surface area (Å²) in [6.45, 7) is 3.16. The molecular weight excluding hydrogens is 300 g/mol. The Kier molecular flexibility index (Phi) is 5.46. The summed E-state index contributed by atoms with van der Waals surface area (Å²) in [6, 6.07) is 4.75. The average molecular weight is 324 g/mol. The maximum Gasteiger partial charge on any atom is 0.249 e. The van der Waals surface area contributed by atoms with Gasteiger partial charge in [0.2, 0.25) is 5.91 Å². The van der Waals surface area contributed by atoms with Crippen molar-refractivity contribution in [2.45, 2.75) is 44.1 Å². The number of fused-ring (bicyclic) bond motifs is 1. The van der Waals surface area contributed by atoms with Gasteiger partial charge in [-0.2, -0.15) is 0 Å². The van der Waals surface area contributed by atoms with Crippen LogP contribution in [0.15, 0.2) is 17.5 Å². The molecule has 6 heteroatoms. The van der Waals surface area contributed by atoms with E-state index in [2.05, 4.69) is 27.7 Å². The maximum atomic E-state index is 12.1. The van der Waals surface area contributed by atoms with Crippen molar-refractivity contribution < 1.29 is 14.3 Å². The van der Waals surface area contributed by atoms with Gasteiger partial charge in [0.1, 0.15) is 6.10 Å². The van der Waals surface area contributed by atoms with Crippen molar-refractivity contribution in [3.05, 3.63) is 22.4 Å². The normalized spacial score (nSPS) is 28.5. The van der Waals surface area contributed by atoms with Crippen LogP contribution in [0, 0.1) is 0 Å². The first-order valence-corrected chi connectivity index (χ1v) is 8.84. The summed E-state index contributed by atoms with van der Waals surface area (Å²) in [5.74, 6) is 0.00667. The SMILES string of the molecule is COCCNC(=O)[C@@H]1CC[C@@H]2[C@@H](CCN2Cc2cccs2)O1. The van der Waals surface area contributed by atoms with E-state index in [9.17, 15) is 4.79 Å². The van der Waals surface area contributed by atoms with Crippen molar-refractivity contribution in [2.24, 2.45) is 0 Å². The van der Waals surface area contributed by atoms with E-state index in [4.69, 9.17) is 9.47 Å². The summed E-state index contributed by atoms with van der Waals surface area (Å²) in [5, 5.41) is 5.01. The van der Waals surface area contributed by atoms with Crippen LogP contribution in [0.5, 0.6) is 0 Å². The highest BCUT2D eigenvalue weighted by Crippen LogP contribution is 2.33. The number of likely N-dealkylation sites (tertiary alicyclic amines) is 1. The van der Waals surface area contributed by atoms with Crippen LogP contribution in [0.4, 0.5) is 0 Å². The van der Waals surface area contributed by atoms with Gasteiger partial charge in [0.15, 0.2) is 0 Å². The Bertz CT molecular complexity index is 480. The number of hydrogen-bond donors (Lipinski definition) is 1. The van der Waals surface area contributed by atoms with Crippen LogP contribution in [-0.2, 0) is 20.8 Å². The van der Waals surface area contributed by atoms with Crippen LogP contribution < -0.4 is 5.32 Å². The molecule has 122 valence electrons. The first-order valence-electron chi connectivity index (χ1n) is 7.96. The molecule has 3 atom stereocenters. The zero-order chi connectivity index (χ0) is 15.4. The molecule has 2 saturated heterocycles. The standard InChI is InChI=1S/C16H24N2O3S/c1-20-9-7-17-16(19)15-5-4-13-14(21-15)6-8-18(13)11-12-3-2-10-22-12/h2-3,10,13-15H,4-9,11H2,1H3,(H,17,19)/t13-,14-,15+/m1/s1. The van der Waals surface area contributed by atoms with Crippen LogP contribution in [0.1, 0.15) is 24.1 Å². The van der Waals surface area contributed by atoms with E-state index in [0.717, 1.165) is 32.4 Å². The largest absolute Gasteiger partial charge is 0.383 e. The number of thiophene rings is 1. The van der Waals surface area contributed by atoms with Gasteiger partial charge in [-0.3, -0.25) is 9.69 Å². The number of rotatable bonds is 6. The summed E-state index contributed by atoms with van der Waals surface area (Å²) in [7, 11) is 1.63. The Morgan fingerprint density at radius 2 is 2.41 bits per heavy atom. The number of amides is 1. The number of nitrogens with one attached hydrogen (secondary N) is 1. The second-order valence-corrected chi connectivity index (χ2v) is 6.96. The number of carbonyl (C=O) groups is 1. The number of carbonyl (C=O) groups excluding carboxylic acids is 1. The molecule has 0 spiro atoms. The minimum Gasteiger partial charge on any atom is -0.383 e. The Morgan fingerprint density at radius 3 is 3.18 bits per heavy atom. The van der Waals surface area contributed by atoms with Crippen molar-refractivity contribution >= 4 is 17.2 Å². The van der Waals surface area contributed by atoms with Crippen molar-refractivity contribution in [1.82, 2.24) is 10.2 Å². The van der Waals surface area contributed by atoms with Gasteiger partial charge < -0.3 is 14.8 Å². The molecule has 2 fully saturated rings. The van der Waals surface area contributed by atoms with Gasteiger partial charge in [0.25, 0.3) is 0 Å². The minimum absolute atomic E-state index is 0.00667. The van der Waals surface area contributed by atoms with E-state index in [0.29, 0.717) is 19.2 Å². The van der Waals surface area contributed by atoms with Gasteiger partial charge in [0.05, 0.1) is 12.7 Å². The van der Waals surface area contributed by atoms with E-state index >= 15 is 0 Å². The molecule has 22 heavy (non-hydrogen) atoms. The van der Waals surface area contributed by atoms with Gasteiger partial charge in [-0.25, -0.2) is 0 Å². The molecule has 5 nitrogen and oxygen atoms in total. The quantitative estimate of drug-likeness (QED) is 0.808. The number of ether oxygens (including phenoxy) is 2. The second kappa shape index (κ2) is 7.55. The highest BCUT2D eigenvalue weighted by atomic mass is 32.1. The zero-order valence-electron chi connectivity index (χ0n) is 13.0. The fraction of sp³-hybridized carbons (Fsp3) is 0.688. The molecule has 1 aromatic heterocycles. The second-order valence-electron chi connectivity index (χ2n) is 5.93. The van der Waals surface area contributed by atoms with Crippen LogP contribution in [0.25, 0.3) is 0 Å². The first kappa shape index (κ1) is 15.9.